The fraction of sp³-hybridized carbons (Fsp3) is 0.278. The molecule has 2 aromatic heterocycles. The van der Waals surface area contributed by atoms with Gasteiger partial charge in [0.25, 0.3) is 5.89 Å². The highest BCUT2D eigenvalue weighted by molar-refractivity contribution is 7.13. The van der Waals surface area contributed by atoms with Crippen LogP contribution >= 0.6 is 11.3 Å². The van der Waals surface area contributed by atoms with E-state index >= 15 is 0 Å². The van der Waals surface area contributed by atoms with Crippen molar-refractivity contribution in [1.29, 1.82) is 0 Å². The molecule has 0 spiro atoms. The van der Waals surface area contributed by atoms with Crippen molar-refractivity contribution >= 4 is 22.9 Å². The molecule has 1 saturated heterocycles. The van der Waals surface area contributed by atoms with E-state index in [-0.39, 0.29) is 11.8 Å². The van der Waals surface area contributed by atoms with Crippen molar-refractivity contribution in [1.82, 2.24) is 10.1 Å². The minimum atomic E-state index is -0.0270. The SMILES string of the molecule is CCc1ccc(N2CC(c3noc(-c4cccs4)n3)CC2=O)cc1. The molecule has 3 aromatic rings. The molecule has 5 nitrogen and oxygen atoms in total. The molecule has 0 aliphatic carbocycles. The smallest absolute Gasteiger partial charge is 0.267 e. The molecule has 122 valence electrons. The third kappa shape index (κ3) is 2.73. The molecule has 1 aliphatic heterocycles. The monoisotopic (exact) mass is 339 g/mol. The summed E-state index contributed by atoms with van der Waals surface area (Å²) in [5.41, 5.74) is 2.20. The van der Waals surface area contributed by atoms with Gasteiger partial charge in [-0.25, -0.2) is 0 Å². The van der Waals surface area contributed by atoms with Crippen molar-refractivity contribution in [2.45, 2.75) is 25.7 Å². The van der Waals surface area contributed by atoms with Gasteiger partial charge in [-0.15, -0.1) is 11.3 Å². The molecule has 1 unspecified atom stereocenters. The summed E-state index contributed by atoms with van der Waals surface area (Å²) in [7, 11) is 0. The Hall–Kier alpha value is -2.47. The molecule has 6 heteroatoms. The molecule has 1 amide bonds. The van der Waals surface area contributed by atoms with Gasteiger partial charge in [-0.3, -0.25) is 4.79 Å². The van der Waals surface area contributed by atoms with Gasteiger partial charge in [0.05, 0.1) is 4.88 Å². The zero-order chi connectivity index (χ0) is 16.5. The number of thiophene rings is 1. The Morgan fingerprint density at radius 1 is 1.29 bits per heavy atom. The number of benzene rings is 1. The first-order valence-electron chi connectivity index (χ1n) is 8.01. The van der Waals surface area contributed by atoms with Crippen LogP contribution in [0.1, 0.15) is 30.7 Å². The van der Waals surface area contributed by atoms with Crippen LogP contribution in [0.4, 0.5) is 5.69 Å². The standard InChI is InChI=1S/C18H17N3O2S/c1-2-12-5-7-14(8-6-12)21-11-13(10-16(21)22)17-19-18(23-20-17)15-4-3-9-24-15/h3-9,13H,2,10-11H2,1H3. The third-order valence-electron chi connectivity index (χ3n) is 4.32. The second-order valence-corrected chi connectivity index (χ2v) is 6.81. The van der Waals surface area contributed by atoms with E-state index in [0.717, 1.165) is 17.0 Å². The van der Waals surface area contributed by atoms with Crippen LogP contribution in [0.25, 0.3) is 10.8 Å². The predicted molar refractivity (Wildman–Crippen MR) is 93.1 cm³/mol. The maximum absolute atomic E-state index is 12.4. The summed E-state index contributed by atoms with van der Waals surface area (Å²) < 4.78 is 5.35. The Morgan fingerprint density at radius 3 is 2.83 bits per heavy atom. The summed E-state index contributed by atoms with van der Waals surface area (Å²) in [4.78, 5) is 19.6. The molecule has 1 aromatic carbocycles. The number of aryl methyl sites for hydroxylation is 1. The van der Waals surface area contributed by atoms with Gasteiger partial charge in [0.2, 0.25) is 5.91 Å². The maximum Gasteiger partial charge on any atom is 0.267 e. The van der Waals surface area contributed by atoms with Crippen LogP contribution in [-0.2, 0) is 11.2 Å². The zero-order valence-corrected chi connectivity index (χ0v) is 14.1. The highest BCUT2D eigenvalue weighted by Crippen LogP contribution is 2.32. The zero-order valence-electron chi connectivity index (χ0n) is 13.3. The molecule has 1 atom stereocenters. The molecule has 24 heavy (non-hydrogen) atoms. The summed E-state index contributed by atoms with van der Waals surface area (Å²) in [5.74, 6) is 1.21. The van der Waals surface area contributed by atoms with Crippen molar-refractivity contribution in [3.05, 3.63) is 53.2 Å². The molecule has 1 aliphatic rings. The molecule has 0 radical (unpaired) electrons. The van der Waals surface area contributed by atoms with Gasteiger partial charge in [0, 0.05) is 24.6 Å². The molecular formula is C18H17N3O2S. The Morgan fingerprint density at radius 2 is 2.12 bits per heavy atom. The largest absolute Gasteiger partial charge is 0.333 e. The van der Waals surface area contributed by atoms with Gasteiger partial charge < -0.3 is 9.42 Å². The number of carbonyl (C=O) groups excluding carboxylic acids is 1. The number of aromatic nitrogens is 2. The Balaban J connectivity index is 1.53. The topological polar surface area (TPSA) is 59.2 Å². The van der Waals surface area contributed by atoms with Gasteiger partial charge in [-0.2, -0.15) is 4.98 Å². The predicted octanol–water partition coefficient (Wildman–Crippen LogP) is 3.88. The number of rotatable bonds is 4. The molecule has 0 bridgehead atoms. The van der Waals surface area contributed by atoms with E-state index in [1.165, 1.54) is 5.56 Å². The van der Waals surface area contributed by atoms with Gasteiger partial charge in [0.15, 0.2) is 5.82 Å². The first-order valence-corrected chi connectivity index (χ1v) is 8.89. The van der Waals surface area contributed by atoms with Crippen molar-refractivity contribution in [3.63, 3.8) is 0 Å². The summed E-state index contributed by atoms with van der Waals surface area (Å²) in [6, 6.07) is 12.0. The molecule has 0 saturated carbocycles. The Labute approximate surface area is 143 Å². The van der Waals surface area contributed by atoms with E-state index in [0.29, 0.717) is 24.7 Å². The first kappa shape index (κ1) is 15.1. The number of nitrogens with zero attached hydrogens (tertiary/aromatic N) is 3. The van der Waals surface area contributed by atoms with Gasteiger partial charge >= 0.3 is 0 Å². The third-order valence-corrected chi connectivity index (χ3v) is 5.18. The van der Waals surface area contributed by atoms with E-state index in [1.807, 2.05) is 34.5 Å². The molecule has 4 rings (SSSR count). The lowest BCUT2D eigenvalue weighted by molar-refractivity contribution is -0.117. The maximum atomic E-state index is 12.4. The first-order chi connectivity index (χ1) is 11.7. The van der Waals surface area contributed by atoms with Crippen LogP contribution < -0.4 is 4.90 Å². The van der Waals surface area contributed by atoms with Gasteiger partial charge in [-0.1, -0.05) is 30.3 Å². The number of amides is 1. The summed E-state index contributed by atoms with van der Waals surface area (Å²) >= 11 is 1.56. The highest BCUT2D eigenvalue weighted by atomic mass is 32.1. The minimum absolute atomic E-state index is 0.0270. The summed E-state index contributed by atoms with van der Waals surface area (Å²) in [6.45, 7) is 2.71. The summed E-state index contributed by atoms with van der Waals surface area (Å²) in [6.07, 6.45) is 1.41. The Kier molecular flexibility index (Phi) is 3.90. The lowest BCUT2D eigenvalue weighted by atomic mass is 10.1. The van der Waals surface area contributed by atoms with Crippen molar-refractivity contribution in [2.24, 2.45) is 0 Å². The molecule has 3 heterocycles. The highest BCUT2D eigenvalue weighted by Gasteiger charge is 2.34. The van der Waals surface area contributed by atoms with Crippen LogP contribution in [0.5, 0.6) is 0 Å². The fourth-order valence-electron chi connectivity index (χ4n) is 2.94. The number of hydrogen-bond donors (Lipinski definition) is 0. The van der Waals surface area contributed by atoms with Crippen molar-refractivity contribution < 1.29 is 9.32 Å². The summed E-state index contributed by atoms with van der Waals surface area (Å²) in [5, 5.41) is 6.06. The lowest BCUT2D eigenvalue weighted by Crippen LogP contribution is -2.24. The number of anilines is 1. The van der Waals surface area contributed by atoms with Crippen LogP contribution in [0.2, 0.25) is 0 Å². The van der Waals surface area contributed by atoms with Crippen molar-refractivity contribution in [3.8, 4) is 10.8 Å². The van der Waals surface area contributed by atoms with E-state index < -0.39 is 0 Å². The Bertz CT molecular complexity index is 840. The van der Waals surface area contributed by atoms with Crippen molar-refractivity contribution in [2.75, 3.05) is 11.4 Å². The fourth-order valence-corrected chi connectivity index (χ4v) is 3.59. The van der Waals surface area contributed by atoms with Crippen LogP contribution in [0.15, 0.2) is 46.3 Å². The van der Waals surface area contributed by atoms with Crippen LogP contribution in [0, 0.1) is 0 Å². The van der Waals surface area contributed by atoms with E-state index in [9.17, 15) is 4.79 Å². The van der Waals surface area contributed by atoms with E-state index in [4.69, 9.17) is 4.52 Å². The lowest BCUT2D eigenvalue weighted by Gasteiger charge is -2.16. The molecular weight excluding hydrogens is 322 g/mol. The number of carbonyl (C=O) groups is 1. The van der Waals surface area contributed by atoms with E-state index in [2.05, 4.69) is 29.2 Å². The molecule has 0 N–H and O–H groups in total. The quantitative estimate of drug-likeness (QED) is 0.724. The van der Waals surface area contributed by atoms with Crippen LogP contribution in [-0.4, -0.2) is 22.6 Å². The van der Waals surface area contributed by atoms with E-state index in [1.54, 1.807) is 11.3 Å². The second-order valence-electron chi connectivity index (χ2n) is 5.86. The van der Waals surface area contributed by atoms with Gasteiger partial charge in [0.1, 0.15) is 0 Å². The van der Waals surface area contributed by atoms with Crippen LogP contribution in [0.3, 0.4) is 0 Å². The average molecular weight is 339 g/mol. The normalized spacial score (nSPS) is 17.6. The average Bonchev–Trinajstić information content (AvgIpc) is 3.34. The van der Waals surface area contributed by atoms with Gasteiger partial charge in [-0.05, 0) is 35.6 Å². The molecule has 1 fully saturated rings. The second kappa shape index (κ2) is 6.20. The number of hydrogen-bond acceptors (Lipinski definition) is 5. The minimum Gasteiger partial charge on any atom is -0.333 e.